The highest BCUT2D eigenvalue weighted by Crippen LogP contribution is 2.27. The van der Waals surface area contributed by atoms with Crippen LogP contribution in [0.1, 0.15) is 39.2 Å². The molecule has 1 aliphatic heterocycles. The number of nitrogens with two attached hydrogens (primary N) is 1. The van der Waals surface area contributed by atoms with Crippen molar-refractivity contribution in [3.05, 3.63) is 29.8 Å². The van der Waals surface area contributed by atoms with Crippen molar-refractivity contribution in [3.8, 4) is 5.75 Å². The molecule has 1 aromatic rings. The molecule has 1 saturated heterocycles. The molecule has 0 spiro atoms. The number of carbonyl (C=O) groups is 1. The van der Waals surface area contributed by atoms with Gasteiger partial charge in [-0.1, -0.05) is 20.8 Å². The fourth-order valence-corrected chi connectivity index (χ4v) is 2.80. The molecule has 0 aliphatic carbocycles. The van der Waals surface area contributed by atoms with Gasteiger partial charge in [0.1, 0.15) is 18.2 Å². The van der Waals surface area contributed by atoms with Gasteiger partial charge in [0.15, 0.2) is 0 Å². The molecule has 0 unspecified atom stereocenters. The lowest BCUT2D eigenvalue weighted by molar-refractivity contribution is -0.146. The van der Waals surface area contributed by atoms with Gasteiger partial charge >= 0.3 is 5.97 Å². The number of nitrogens with zero attached hydrogens (tertiary/aromatic N) is 1. The van der Waals surface area contributed by atoms with Gasteiger partial charge in [0.05, 0.1) is 12.0 Å². The molecule has 1 fully saturated rings. The summed E-state index contributed by atoms with van der Waals surface area (Å²) in [5, 5.41) is 12.7. The molecule has 1 heterocycles. The Bertz CT molecular complexity index is 599. The number of aliphatic carboxylic acids is 1. The second-order valence-electron chi connectivity index (χ2n) is 7.59. The first-order chi connectivity index (χ1) is 11.8. The minimum absolute atomic E-state index is 0.136. The van der Waals surface area contributed by atoms with Crippen molar-refractivity contribution < 1.29 is 14.6 Å². The van der Waals surface area contributed by atoms with Crippen LogP contribution in [0.4, 0.5) is 0 Å². The number of rotatable bonds is 6. The van der Waals surface area contributed by atoms with Gasteiger partial charge in [-0.2, -0.15) is 0 Å². The van der Waals surface area contributed by atoms with E-state index in [0.717, 1.165) is 31.5 Å². The molecule has 0 amide bonds. The molecule has 1 aliphatic rings. The van der Waals surface area contributed by atoms with Crippen molar-refractivity contribution in [1.82, 2.24) is 5.32 Å². The van der Waals surface area contributed by atoms with E-state index in [1.165, 1.54) is 0 Å². The van der Waals surface area contributed by atoms with Gasteiger partial charge in [0.25, 0.3) is 0 Å². The predicted molar refractivity (Wildman–Crippen MR) is 99.1 cm³/mol. The maximum Gasteiger partial charge on any atom is 0.310 e. The molecule has 4 N–H and O–H groups in total. The van der Waals surface area contributed by atoms with Crippen LogP contribution in [0.3, 0.4) is 0 Å². The summed E-state index contributed by atoms with van der Waals surface area (Å²) in [5.41, 5.74) is 6.60. The zero-order chi connectivity index (χ0) is 18.4. The molecule has 0 bridgehead atoms. The lowest BCUT2D eigenvalue weighted by Crippen LogP contribution is -2.33. The Labute approximate surface area is 149 Å². The van der Waals surface area contributed by atoms with Gasteiger partial charge in [0.2, 0.25) is 0 Å². The second-order valence-corrected chi connectivity index (χ2v) is 7.59. The average molecular weight is 347 g/mol. The molecule has 1 aromatic carbocycles. The number of amidine groups is 1. The van der Waals surface area contributed by atoms with Gasteiger partial charge in [-0.3, -0.25) is 9.79 Å². The van der Waals surface area contributed by atoms with E-state index < -0.39 is 11.9 Å². The van der Waals surface area contributed by atoms with E-state index >= 15 is 0 Å². The van der Waals surface area contributed by atoms with Crippen LogP contribution in [0.25, 0.3) is 0 Å². The second kappa shape index (κ2) is 8.34. The van der Waals surface area contributed by atoms with Crippen LogP contribution >= 0.6 is 0 Å². The molecular weight excluding hydrogens is 318 g/mol. The average Bonchev–Trinajstić information content (AvgIpc) is 2.55. The Morgan fingerprint density at radius 1 is 1.32 bits per heavy atom. The van der Waals surface area contributed by atoms with Crippen LogP contribution in [-0.4, -0.2) is 42.6 Å². The molecule has 6 heteroatoms. The van der Waals surface area contributed by atoms with E-state index in [1.807, 2.05) is 45.0 Å². The summed E-state index contributed by atoms with van der Waals surface area (Å²) in [5.74, 6) is -0.244. The van der Waals surface area contributed by atoms with E-state index in [9.17, 15) is 9.90 Å². The molecule has 1 atom stereocenters. The van der Waals surface area contributed by atoms with Crippen molar-refractivity contribution in [2.45, 2.75) is 39.7 Å². The molecule has 25 heavy (non-hydrogen) atoms. The van der Waals surface area contributed by atoms with Gasteiger partial charge in [-0.05, 0) is 55.6 Å². The van der Waals surface area contributed by atoms with Crippen LogP contribution < -0.4 is 15.8 Å². The van der Waals surface area contributed by atoms with Crippen LogP contribution in [-0.2, 0) is 4.79 Å². The minimum atomic E-state index is -0.845. The first kappa shape index (κ1) is 19.2. The Balaban J connectivity index is 1.97. The Kier molecular flexibility index (Phi) is 6.42. The first-order valence-electron chi connectivity index (χ1n) is 8.77. The number of hydrogen-bond acceptors (Lipinski definition) is 4. The number of nitrogens with one attached hydrogen (secondary N) is 1. The third-order valence-corrected chi connectivity index (χ3v) is 4.54. The van der Waals surface area contributed by atoms with Crippen molar-refractivity contribution in [1.29, 1.82) is 0 Å². The number of aliphatic imine (C=N–C) groups is 1. The van der Waals surface area contributed by atoms with Crippen molar-refractivity contribution in [2.75, 3.05) is 19.7 Å². The predicted octanol–water partition coefficient (Wildman–Crippen LogP) is 2.27. The zero-order valence-corrected chi connectivity index (χ0v) is 15.3. The topological polar surface area (TPSA) is 96.9 Å². The van der Waals surface area contributed by atoms with Crippen LogP contribution in [0.5, 0.6) is 5.75 Å². The zero-order valence-electron chi connectivity index (χ0n) is 15.3. The fourth-order valence-electron chi connectivity index (χ4n) is 2.80. The molecule has 0 aromatic heterocycles. The number of carboxylic acid groups (broad SMARTS) is 1. The van der Waals surface area contributed by atoms with E-state index in [0.29, 0.717) is 11.6 Å². The summed E-state index contributed by atoms with van der Waals surface area (Å²) in [4.78, 5) is 16.0. The van der Waals surface area contributed by atoms with E-state index in [4.69, 9.17) is 10.5 Å². The lowest BCUT2D eigenvalue weighted by atomic mass is 9.81. The number of benzene rings is 1. The van der Waals surface area contributed by atoms with Gasteiger partial charge < -0.3 is 20.9 Å². The molecule has 138 valence electrons. The Morgan fingerprint density at radius 2 is 1.92 bits per heavy atom. The molecule has 6 nitrogen and oxygen atoms in total. The maximum atomic E-state index is 11.4. The Hall–Kier alpha value is -2.08. The van der Waals surface area contributed by atoms with Crippen molar-refractivity contribution in [3.63, 3.8) is 0 Å². The SMILES string of the molecule is CC(C)(C)[C@@H](COc1ccc(C(N)=NC2CCNCC2)cc1)C(=O)O. The highest BCUT2D eigenvalue weighted by molar-refractivity contribution is 5.97. The number of piperidine rings is 1. The van der Waals surface area contributed by atoms with E-state index in [1.54, 1.807) is 0 Å². The number of hydrogen-bond donors (Lipinski definition) is 3. The lowest BCUT2D eigenvalue weighted by Gasteiger charge is -2.26. The standard InChI is InChI=1S/C19H29N3O3/c1-19(2,3)16(18(23)24)12-25-15-6-4-13(5-7-15)17(20)22-14-8-10-21-11-9-14/h4-7,14,16,21H,8-12H2,1-3H3,(H2,20,22)(H,23,24)/t16-/m0/s1. The normalized spacial score (nSPS) is 18.0. The Morgan fingerprint density at radius 3 is 2.44 bits per heavy atom. The van der Waals surface area contributed by atoms with Crippen LogP contribution in [0.2, 0.25) is 0 Å². The quantitative estimate of drug-likeness (QED) is 0.542. The summed E-state index contributed by atoms with van der Waals surface area (Å²) in [6, 6.07) is 7.62. The van der Waals surface area contributed by atoms with Crippen LogP contribution in [0.15, 0.2) is 29.3 Å². The third-order valence-electron chi connectivity index (χ3n) is 4.54. The number of carboxylic acids is 1. The maximum absolute atomic E-state index is 11.4. The van der Waals surface area contributed by atoms with Gasteiger partial charge in [0, 0.05) is 5.56 Å². The highest BCUT2D eigenvalue weighted by atomic mass is 16.5. The third kappa shape index (κ3) is 5.74. The summed E-state index contributed by atoms with van der Waals surface area (Å²) >= 11 is 0. The first-order valence-corrected chi connectivity index (χ1v) is 8.77. The fraction of sp³-hybridized carbons (Fsp3) is 0.579. The molecular formula is C19H29N3O3. The summed E-state index contributed by atoms with van der Waals surface area (Å²) in [7, 11) is 0. The molecule has 0 radical (unpaired) electrons. The number of ether oxygens (including phenoxy) is 1. The van der Waals surface area contributed by atoms with Crippen molar-refractivity contribution in [2.24, 2.45) is 22.1 Å². The largest absolute Gasteiger partial charge is 0.493 e. The van der Waals surface area contributed by atoms with Crippen molar-refractivity contribution >= 4 is 11.8 Å². The highest BCUT2D eigenvalue weighted by Gasteiger charge is 2.31. The van der Waals surface area contributed by atoms with E-state index in [-0.39, 0.29) is 18.1 Å². The summed E-state index contributed by atoms with van der Waals surface area (Å²) in [6.07, 6.45) is 2.01. The van der Waals surface area contributed by atoms with Crippen LogP contribution in [0, 0.1) is 11.3 Å². The summed E-state index contributed by atoms with van der Waals surface area (Å²) in [6.45, 7) is 7.79. The van der Waals surface area contributed by atoms with Gasteiger partial charge in [-0.25, -0.2) is 0 Å². The minimum Gasteiger partial charge on any atom is -0.493 e. The summed E-state index contributed by atoms with van der Waals surface area (Å²) < 4.78 is 5.67. The van der Waals surface area contributed by atoms with E-state index in [2.05, 4.69) is 10.3 Å². The monoisotopic (exact) mass is 347 g/mol. The molecule has 2 rings (SSSR count). The molecule has 0 saturated carbocycles. The smallest absolute Gasteiger partial charge is 0.310 e. The van der Waals surface area contributed by atoms with Gasteiger partial charge in [-0.15, -0.1) is 0 Å².